The van der Waals surface area contributed by atoms with E-state index >= 15 is 0 Å². The number of anilines is 2. The molecule has 0 atom stereocenters. The van der Waals surface area contributed by atoms with E-state index in [1.807, 2.05) is 0 Å². The molecule has 1 rings (SSSR count). The minimum atomic E-state index is -3.19. The zero-order valence-electron chi connectivity index (χ0n) is 7.24. The monoisotopic (exact) mass is 204 g/mol. The van der Waals surface area contributed by atoms with E-state index in [1.165, 1.54) is 12.4 Å². The van der Waals surface area contributed by atoms with Crippen LogP contribution < -0.4 is 11.1 Å². The third-order valence-corrected chi connectivity index (χ3v) is 1.47. The van der Waals surface area contributed by atoms with Gasteiger partial charge in [-0.2, -0.15) is 0 Å². The van der Waals surface area contributed by atoms with Crippen LogP contribution in [-0.4, -0.2) is 34.1 Å². The zero-order valence-corrected chi connectivity index (χ0v) is 7.24. The lowest BCUT2D eigenvalue weighted by Crippen LogP contribution is -2.31. The first kappa shape index (κ1) is 10.6. The maximum Gasteiger partial charge on any atom is 0.287 e. The first-order valence-electron chi connectivity index (χ1n) is 3.84. The van der Waals surface area contributed by atoms with Crippen molar-refractivity contribution in [3.63, 3.8) is 0 Å². The number of aromatic nitrogens is 2. The number of nitrogen functional groups attached to an aromatic ring is 1. The van der Waals surface area contributed by atoms with Gasteiger partial charge in [-0.3, -0.25) is 0 Å². The Hall–Kier alpha value is -1.50. The van der Waals surface area contributed by atoms with Crippen molar-refractivity contribution in [2.75, 3.05) is 24.2 Å². The topological polar surface area (TPSA) is 84.1 Å². The molecule has 0 radical (unpaired) electrons. The number of nitrogens with two attached hydrogens (primary N) is 1. The van der Waals surface area contributed by atoms with Crippen LogP contribution in [0.15, 0.2) is 12.4 Å². The quantitative estimate of drug-likeness (QED) is 0.647. The summed E-state index contributed by atoms with van der Waals surface area (Å²) in [4.78, 5) is 7.35. The van der Waals surface area contributed by atoms with Gasteiger partial charge in [0.05, 0.1) is 6.54 Å². The minimum absolute atomic E-state index is 0.0428. The summed E-state index contributed by atoms with van der Waals surface area (Å²) in [7, 11) is 0. The van der Waals surface area contributed by atoms with Crippen LogP contribution in [0.25, 0.3) is 0 Å². The van der Waals surface area contributed by atoms with Crippen molar-refractivity contribution in [2.24, 2.45) is 0 Å². The van der Waals surface area contributed by atoms with Crippen molar-refractivity contribution in [3.8, 4) is 0 Å². The molecule has 0 saturated carbocycles. The van der Waals surface area contributed by atoms with Gasteiger partial charge in [0.1, 0.15) is 6.61 Å². The number of rotatable bonds is 4. The lowest BCUT2D eigenvalue weighted by Gasteiger charge is -2.14. The number of hydrogen-bond donors (Lipinski definition) is 3. The summed E-state index contributed by atoms with van der Waals surface area (Å²) in [6, 6.07) is 0. The number of aliphatic hydroxyl groups is 1. The van der Waals surface area contributed by atoms with Gasteiger partial charge in [-0.05, 0) is 0 Å². The molecule has 5 nitrogen and oxygen atoms in total. The second-order valence-corrected chi connectivity index (χ2v) is 2.66. The predicted molar refractivity (Wildman–Crippen MR) is 47.0 cm³/mol. The molecule has 1 aromatic heterocycles. The lowest BCUT2D eigenvalue weighted by atomic mass is 10.3. The van der Waals surface area contributed by atoms with Gasteiger partial charge in [0.25, 0.3) is 5.92 Å². The summed E-state index contributed by atoms with van der Waals surface area (Å²) in [5.74, 6) is -3.06. The van der Waals surface area contributed by atoms with Crippen LogP contribution in [-0.2, 0) is 0 Å². The van der Waals surface area contributed by atoms with Crippen molar-refractivity contribution >= 4 is 11.6 Å². The van der Waals surface area contributed by atoms with Crippen LogP contribution >= 0.6 is 0 Å². The Bertz CT molecular complexity index is 307. The highest BCUT2D eigenvalue weighted by Crippen LogP contribution is 2.15. The van der Waals surface area contributed by atoms with Gasteiger partial charge >= 0.3 is 0 Å². The van der Waals surface area contributed by atoms with Crippen LogP contribution in [0.2, 0.25) is 0 Å². The summed E-state index contributed by atoms with van der Waals surface area (Å²) in [6.07, 6.45) is 2.68. The fourth-order valence-corrected chi connectivity index (χ4v) is 0.754. The standard InChI is InChI=1S/C7H10F2N4O/c8-7(9,4-14)3-13-6-5(10)11-1-2-12-6/h1-2,14H,3-4H2,(H2,10,11)(H,12,13). The molecule has 14 heavy (non-hydrogen) atoms. The fraction of sp³-hybridized carbons (Fsp3) is 0.429. The van der Waals surface area contributed by atoms with E-state index < -0.39 is 19.1 Å². The first-order chi connectivity index (χ1) is 6.55. The third kappa shape index (κ3) is 2.77. The molecule has 0 amide bonds. The molecule has 0 aliphatic heterocycles. The highest BCUT2D eigenvalue weighted by molar-refractivity contribution is 5.54. The summed E-state index contributed by atoms with van der Waals surface area (Å²) in [5, 5.41) is 10.6. The Kier molecular flexibility index (Phi) is 3.13. The summed E-state index contributed by atoms with van der Waals surface area (Å²) < 4.78 is 25.1. The first-order valence-corrected chi connectivity index (χ1v) is 3.84. The molecule has 0 saturated heterocycles. The van der Waals surface area contributed by atoms with Crippen LogP contribution in [0, 0.1) is 0 Å². The van der Waals surface area contributed by atoms with Gasteiger partial charge < -0.3 is 16.2 Å². The van der Waals surface area contributed by atoms with E-state index in [4.69, 9.17) is 10.8 Å². The van der Waals surface area contributed by atoms with E-state index in [-0.39, 0.29) is 11.6 Å². The second kappa shape index (κ2) is 4.14. The molecule has 1 aromatic rings. The van der Waals surface area contributed by atoms with Gasteiger partial charge in [0.15, 0.2) is 11.6 Å². The Morgan fingerprint density at radius 2 is 2.07 bits per heavy atom. The summed E-state index contributed by atoms with van der Waals surface area (Å²) >= 11 is 0. The average Bonchev–Trinajstić information content (AvgIpc) is 2.17. The summed E-state index contributed by atoms with van der Waals surface area (Å²) in [6.45, 7) is -1.95. The zero-order chi connectivity index (χ0) is 10.6. The number of aliphatic hydroxyl groups excluding tert-OH is 1. The number of hydrogen-bond acceptors (Lipinski definition) is 5. The van der Waals surface area contributed by atoms with Gasteiger partial charge in [-0.25, -0.2) is 18.7 Å². The Morgan fingerprint density at radius 1 is 1.43 bits per heavy atom. The molecule has 0 bridgehead atoms. The molecule has 7 heteroatoms. The fourth-order valence-electron chi connectivity index (χ4n) is 0.754. The van der Waals surface area contributed by atoms with Crippen molar-refractivity contribution in [3.05, 3.63) is 12.4 Å². The number of alkyl halides is 2. The normalized spacial score (nSPS) is 11.4. The Labute approximate surface area is 79.0 Å². The maximum absolute atomic E-state index is 12.6. The van der Waals surface area contributed by atoms with Crippen LogP contribution in [0.3, 0.4) is 0 Å². The van der Waals surface area contributed by atoms with Crippen molar-refractivity contribution in [2.45, 2.75) is 5.92 Å². The molecule has 0 spiro atoms. The number of nitrogens with zero attached hydrogens (tertiary/aromatic N) is 2. The van der Waals surface area contributed by atoms with Gasteiger partial charge in [0, 0.05) is 12.4 Å². The highest BCUT2D eigenvalue weighted by atomic mass is 19.3. The van der Waals surface area contributed by atoms with E-state index in [1.54, 1.807) is 0 Å². The molecule has 0 fully saturated rings. The van der Waals surface area contributed by atoms with Crippen LogP contribution in [0.5, 0.6) is 0 Å². The molecule has 1 heterocycles. The average molecular weight is 204 g/mol. The number of halogens is 2. The molecule has 4 N–H and O–H groups in total. The third-order valence-electron chi connectivity index (χ3n) is 1.47. The smallest absolute Gasteiger partial charge is 0.287 e. The Balaban J connectivity index is 2.58. The van der Waals surface area contributed by atoms with Gasteiger partial charge in [-0.15, -0.1) is 0 Å². The Morgan fingerprint density at radius 3 is 2.64 bits per heavy atom. The molecule has 0 aliphatic rings. The molecule has 0 unspecified atom stereocenters. The lowest BCUT2D eigenvalue weighted by molar-refractivity contribution is -0.0373. The molecule has 0 aliphatic carbocycles. The summed E-state index contributed by atoms with van der Waals surface area (Å²) in [5.41, 5.74) is 5.35. The van der Waals surface area contributed by atoms with Crippen LogP contribution in [0.1, 0.15) is 0 Å². The van der Waals surface area contributed by atoms with Crippen molar-refractivity contribution in [1.82, 2.24) is 9.97 Å². The number of nitrogens with one attached hydrogen (secondary N) is 1. The molecule has 0 aromatic carbocycles. The highest BCUT2D eigenvalue weighted by Gasteiger charge is 2.27. The second-order valence-electron chi connectivity index (χ2n) is 2.66. The van der Waals surface area contributed by atoms with E-state index in [2.05, 4.69) is 15.3 Å². The van der Waals surface area contributed by atoms with E-state index in [9.17, 15) is 8.78 Å². The minimum Gasteiger partial charge on any atom is -0.390 e. The van der Waals surface area contributed by atoms with E-state index in [0.29, 0.717) is 0 Å². The van der Waals surface area contributed by atoms with Crippen LogP contribution in [0.4, 0.5) is 20.4 Å². The van der Waals surface area contributed by atoms with E-state index in [0.717, 1.165) is 0 Å². The maximum atomic E-state index is 12.6. The van der Waals surface area contributed by atoms with Crippen molar-refractivity contribution in [1.29, 1.82) is 0 Å². The molecule has 78 valence electrons. The molecular formula is C7H10F2N4O. The molecular weight excluding hydrogens is 194 g/mol. The van der Waals surface area contributed by atoms with Gasteiger partial charge in [-0.1, -0.05) is 0 Å². The van der Waals surface area contributed by atoms with Gasteiger partial charge in [0.2, 0.25) is 0 Å². The SMILES string of the molecule is Nc1nccnc1NCC(F)(F)CO. The largest absolute Gasteiger partial charge is 0.390 e. The predicted octanol–water partition coefficient (Wildman–Crippen LogP) is 0.0983. The van der Waals surface area contributed by atoms with Crippen molar-refractivity contribution < 1.29 is 13.9 Å².